The Kier molecular flexibility index (Phi) is 3.24. The van der Waals surface area contributed by atoms with E-state index in [-0.39, 0.29) is 0 Å². The van der Waals surface area contributed by atoms with Gasteiger partial charge in [-0.2, -0.15) is 0 Å². The van der Waals surface area contributed by atoms with E-state index in [1.165, 1.54) is 13.1 Å². The monoisotopic (exact) mass is 86.1 g/mol. The van der Waals surface area contributed by atoms with Crippen molar-refractivity contribution in [3.63, 3.8) is 0 Å². The second-order valence-electron chi connectivity index (χ2n) is 0.856. The average molecular weight is 86.0 g/mol. The van der Waals surface area contributed by atoms with Gasteiger partial charge in [0.25, 0.3) is 0 Å². The van der Waals surface area contributed by atoms with E-state index >= 15 is 0 Å². The van der Waals surface area contributed by atoms with Gasteiger partial charge in [0.1, 0.15) is 0 Å². The molecule has 0 N–H and O–H groups in total. The highest BCUT2D eigenvalue weighted by Gasteiger charge is 1.74. The normalized spacial score (nSPS) is 10.0. The van der Waals surface area contributed by atoms with Crippen LogP contribution in [0.25, 0.3) is 0 Å². The van der Waals surface area contributed by atoms with Crippen LogP contribution in [0.2, 0.25) is 0 Å². The number of hydrogen-bond donors (Lipinski definition) is 0. The lowest BCUT2D eigenvalue weighted by atomic mass is 10.3. The molecular formula is C4H13BN-. The first-order chi connectivity index (χ1) is 2.81. The van der Waals surface area contributed by atoms with Crippen LogP contribution in [0.5, 0.6) is 0 Å². The van der Waals surface area contributed by atoms with E-state index in [2.05, 4.69) is 18.7 Å². The van der Waals surface area contributed by atoms with Crippen LogP contribution in [0, 0.1) is 0 Å². The van der Waals surface area contributed by atoms with Gasteiger partial charge in [-0.25, -0.2) is 0 Å². The molecule has 0 radical (unpaired) electrons. The molecule has 0 aromatic carbocycles. The summed E-state index contributed by atoms with van der Waals surface area (Å²) in [6.45, 7) is 6.99. The van der Waals surface area contributed by atoms with Crippen molar-refractivity contribution in [3.05, 3.63) is 0 Å². The third kappa shape index (κ3) is 2.27. The molecule has 0 unspecified atom stereocenters. The van der Waals surface area contributed by atoms with Crippen LogP contribution in [0.4, 0.5) is 0 Å². The summed E-state index contributed by atoms with van der Waals surface area (Å²) >= 11 is 0. The third-order valence-corrected chi connectivity index (χ3v) is 0.447. The van der Waals surface area contributed by atoms with Crippen LogP contribution in [-0.4, -0.2) is 25.9 Å². The van der Waals surface area contributed by atoms with Crippen LogP contribution in [0.3, 0.4) is 0 Å². The lowest BCUT2D eigenvalue weighted by molar-refractivity contribution is 0.505. The van der Waals surface area contributed by atoms with E-state index < -0.39 is 0 Å². The number of rotatable bonds is 2. The van der Waals surface area contributed by atoms with Crippen molar-refractivity contribution < 1.29 is 0 Å². The highest BCUT2D eigenvalue weighted by Crippen LogP contribution is 1.72. The minimum Gasteiger partial charge on any atom is -0.484 e. The third-order valence-electron chi connectivity index (χ3n) is 0.447. The lowest BCUT2D eigenvalue weighted by Gasteiger charge is -2.16. The van der Waals surface area contributed by atoms with E-state index in [9.17, 15) is 0 Å². The first kappa shape index (κ1) is 6.02. The zero-order valence-corrected chi connectivity index (χ0v) is 3.86. The first-order valence-electron chi connectivity index (χ1n) is 2.05. The summed E-state index contributed by atoms with van der Waals surface area (Å²) in [5.41, 5.74) is 0. The summed E-state index contributed by atoms with van der Waals surface area (Å²) in [6.07, 6.45) is 0. The fourth-order valence-corrected chi connectivity index (χ4v) is 0.224. The zero-order valence-electron chi connectivity index (χ0n) is 3.86. The van der Waals surface area contributed by atoms with Crippen LogP contribution in [-0.2, 0) is 0 Å². The molecule has 0 amide bonds. The summed E-state index contributed by atoms with van der Waals surface area (Å²) in [6, 6.07) is 0. The fraction of sp³-hybridized carbons (Fsp3) is 1.00. The standard InChI is InChI=1S/C4H13BN/c1-3-6(5)4-2/h3-4H2,1-2,5H3/q-1. The topological polar surface area (TPSA) is 3.24 Å². The summed E-state index contributed by atoms with van der Waals surface area (Å²) in [5.74, 6) is 0. The van der Waals surface area contributed by atoms with Crippen molar-refractivity contribution in [2.45, 2.75) is 13.8 Å². The Bertz CT molecular complexity index is 26.7. The van der Waals surface area contributed by atoms with Gasteiger partial charge in [0.05, 0.1) is 0 Å². The molecule has 0 rings (SSSR count). The van der Waals surface area contributed by atoms with Crippen LogP contribution < -0.4 is 0 Å². The average Bonchev–Trinajstić information content (AvgIpc) is 1.65. The predicted molar refractivity (Wildman–Crippen MR) is 32.9 cm³/mol. The maximum atomic E-state index is 2.50. The molecule has 1 nitrogen and oxygen atoms in total. The minimum atomic E-state index is 0.514. The van der Waals surface area contributed by atoms with E-state index in [4.69, 9.17) is 0 Å². The fourth-order valence-electron chi connectivity index (χ4n) is 0.224. The summed E-state index contributed by atoms with van der Waals surface area (Å²) in [5, 5.41) is 0. The zero-order chi connectivity index (χ0) is 4.99. The van der Waals surface area contributed by atoms with Crippen molar-refractivity contribution in [1.29, 1.82) is 0 Å². The SMILES string of the molecule is [BH3-]N(CC)CC. The Labute approximate surface area is 40.8 Å². The molecular weight excluding hydrogens is 72.9 g/mol. The smallest absolute Gasteiger partial charge is 0.0145 e. The van der Waals surface area contributed by atoms with E-state index in [0.717, 1.165) is 0 Å². The summed E-state index contributed by atoms with van der Waals surface area (Å²) in [4.78, 5) is 2.50. The van der Waals surface area contributed by atoms with Gasteiger partial charge in [-0.05, 0) is 13.1 Å². The molecule has 0 aromatic rings. The maximum Gasteiger partial charge on any atom is 0.0145 e. The predicted octanol–water partition coefficient (Wildman–Crippen LogP) is -0.391. The van der Waals surface area contributed by atoms with Gasteiger partial charge in [0.15, 0.2) is 0 Å². The second-order valence-corrected chi connectivity index (χ2v) is 0.856. The highest BCUT2D eigenvalue weighted by atomic mass is 15.0. The van der Waals surface area contributed by atoms with Crippen LogP contribution in [0.1, 0.15) is 13.8 Å². The molecule has 0 bridgehead atoms. The van der Waals surface area contributed by atoms with E-state index in [1.54, 1.807) is 0 Å². The molecule has 0 spiro atoms. The molecule has 0 atom stereocenters. The first-order valence-corrected chi connectivity index (χ1v) is 2.05. The quantitative estimate of drug-likeness (QED) is 0.413. The van der Waals surface area contributed by atoms with Gasteiger partial charge in [0.2, 0.25) is 0 Å². The van der Waals surface area contributed by atoms with Gasteiger partial charge < -0.3 is 4.81 Å². The molecule has 0 saturated carbocycles. The minimum absolute atomic E-state index is 0.514. The molecule has 2 heteroatoms. The largest absolute Gasteiger partial charge is 0.484 e. The Morgan fingerprint density at radius 3 is 1.67 bits per heavy atom. The lowest BCUT2D eigenvalue weighted by Crippen LogP contribution is -2.17. The Morgan fingerprint density at radius 1 is 1.33 bits per heavy atom. The molecule has 0 heterocycles. The van der Waals surface area contributed by atoms with Gasteiger partial charge in [0, 0.05) is 7.98 Å². The summed E-state index contributed by atoms with van der Waals surface area (Å²) in [7, 11) is 0.514. The van der Waals surface area contributed by atoms with Gasteiger partial charge in [-0.1, -0.05) is 13.8 Å². The van der Waals surface area contributed by atoms with Crippen molar-refractivity contribution in [2.24, 2.45) is 0 Å². The molecule has 0 saturated heterocycles. The van der Waals surface area contributed by atoms with Crippen molar-refractivity contribution in [1.82, 2.24) is 4.81 Å². The van der Waals surface area contributed by atoms with E-state index in [0.29, 0.717) is 7.98 Å². The van der Waals surface area contributed by atoms with Crippen molar-refractivity contribution >= 4 is 7.98 Å². The Hall–Kier alpha value is 0.0249. The molecule has 38 valence electrons. The van der Waals surface area contributed by atoms with Crippen LogP contribution in [0.15, 0.2) is 0 Å². The molecule has 0 aliphatic heterocycles. The number of nitrogens with zero attached hydrogens (tertiary/aromatic N) is 1. The molecule has 0 fully saturated rings. The molecule has 0 aliphatic carbocycles. The molecule has 6 heavy (non-hydrogen) atoms. The van der Waals surface area contributed by atoms with Gasteiger partial charge in [-0.15, -0.1) is 0 Å². The molecule has 0 aromatic heterocycles. The van der Waals surface area contributed by atoms with Crippen molar-refractivity contribution in [2.75, 3.05) is 13.1 Å². The van der Waals surface area contributed by atoms with Gasteiger partial charge in [-0.3, -0.25) is 0 Å². The Balaban J connectivity index is 2.75. The molecule has 0 aliphatic rings. The second kappa shape index (κ2) is 3.22. The Morgan fingerprint density at radius 2 is 1.67 bits per heavy atom. The highest BCUT2D eigenvalue weighted by molar-refractivity contribution is 6.04. The number of hydrogen-bond acceptors (Lipinski definition) is 1. The maximum absolute atomic E-state index is 2.50. The summed E-state index contributed by atoms with van der Waals surface area (Å²) < 4.78 is 0. The van der Waals surface area contributed by atoms with Crippen LogP contribution >= 0.6 is 0 Å². The van der Waals surface area contributed by atoms with Gasteiger partial charge >= 0.3 is 0 Å². The van der Waals surface area contributed by atoms with E-state index in [1.807, 2.05) is 0 Å². The van der Waals surface area contributed by atoms with Crippen molar-refractivity contribution in [3.8, 4) is 0 Å².